The Labute approximate surface area is 128 Å². The molecule has 0 bridgehead atoms. The molecule has 0 saturated heterocycles. The van der Waals surface area contributed by atoms with E-state index in [-0.39, 0.29) is 0 Å². The lowest BCUT2D eigenvalue weighted by Gasteiger charge is -2.17. The molecule has 114 valence electrons. The van der Waals surface area contributed by atoms with Gasteiger partial charge < -0.3 is 15.5 Å². The SMILES string of the molecule is CCN(C)CCNCC[C@H](CSc1ccccc1)NC. The third-order valence-corrected chi connectivity index (χ3v) is 4.66. The van der Waals surface area contributed by atoms with Gasteiger partial charge in [0.2, 0.25) is 0 Å². The highest BCUT2D eigenvalue weighted by Crippen LogP contribution is 2.18. The van der Waals surface area contributed by atoms with Gasteiger partial charge in [0.05, 0.1) is 0 Å². The van der Waals surface area contributed by atoms with E-state index < -0.39 is 0 Å². The first-order valence-corrected chi connectivity index (χ1v) is 8.49. The van der Waals surface area contributed by atoms with Crippen LogP contribution in [0.1, 0.15) is 13.3 Å². The second-order valence-electron chi connectivity index (χ2n) is 5.04. The molecule has 1 rings (SSSR count). The Kier molecular flexibility index (Phi) is 9.75. The second-order valence-corrected chi connectivity index (χ2v) is 6.14. The van der Waals surface area contributed by atoms with Crippen LogP contribution in [0.3, 0.4) is 0 Å². The van der Waals surface area contributed by atoms with Crippen LogP contribution in [0, 0.1) is 0 Å². The highest BCUT2D eigenvalue weighted by molar-refractivity contribution is 7.99. The molecule has 1 aromatic carbocycles. The molecule has 1 aromatic rings. The first-order chi connectivity index (χ1) is 9.76. The molecule has 2 N–H and O–H groups in total. The number of hydrogen-bond acceptors (Lipinski definition) is 4. The Morgan fingerprint density at radius 1 is 1.20 bits per heavy atom. The largest absolute Gasteiger partial charge is 0.316 e. The Bertz CT molecular complexity index is 332. The summed E-state index contributed by atoms with van der Waals surface area (Å²) in [5.41, 5.74) is 0. The van der Waals surface area contributed by atoms with E-state index in [1.165, 1.54) is 11.3 Å². The van der Waals surface area contributed by atoms with Gasteiger partial charge in [0.25, 0.3) is 0 Å². The third kappa shape index (κ3) is 7.90. The highest BCUT2D eigenvalue weighted by atomic mass is 32.2. The summed E-state index contributed by atoms with van der Waals surface area (Å²) in [5, 5.41) is 6.93. The molecule has 0 amide bonds. The van der Waals surface area contributed by atoms with Gasteiger partial charge in [0, 0.05) is 29.8 Å². The Hall–Kier alpha value is -0.550. The summed E-state index contributed by atoms with van der Waals surface area (Å²) < 4.78 is 0. The van der Waals surface area contributed by atoms with Crippen LogP contribution in [0.15, 0.2) is 35.2 Å². The minimum atomic E-state index is 0.566. The van der Waals surface area contributed by atoms with Crippen LogP contribution < -0.4 is 10.6 Å². The predicted molar refractivity (Wildman–Crippen MR) is 90.7 cm³/mol. The zero-order chi connectivity index (χ0) is 14.6. The highest BCUT2D eigenvalue weighted by Gasteiger charge is 2.06. The molecule has 0 radical (unpaired) electrons. The standard InChI is InChI=1S/C16H29N3S/c1-4-19(3)13-12-18-11-10-15(17-2)14-20-16-8-6-5-7-9-16/h5-9,15,17-18H,4,10-14H2,1-3H3/t15-/m1/s1. The summed E-state index contributed by atoms with van der Waals surface area (Å²) >= 11 is 1.93. The monoisotopic (exact) mass is 295 g/mol. The fraction of sp³-hybridized carbons (Fsp3) is 0.625. The maximum atomic E-state index is 3.52. The summed E-state index contributed by atoms with van der Waals surface area (Å²) in [5.74, 6) is 1.12. The van der Waals surface area contributed by atoms with Crippen LogP contribution in [-0.4, -0.2) is 57.0 Å². The van der Waals surface area contributed by atoms with Gasteiger partial charge in [-0.1, -0.05) is 25.1 Å². The molecular formula is C16H29N3S. The molecule has 1 atom stereocenters. The molecule has 0 unspecified atom stereocenters. The van der Waals surface area contributed by atoms with E-state index in [0.717, 1.165) is 31.9 Å². The van der Waals surface area contributed by atoms with E-state index in [2.05, 4.69) is 66.9 Å². The summed E-state index contributed by atoms with van der Waals surface area (Å²) in [6.45, 7) is 6.59. The van der Waals surface area contributed by atoms with Crippen molar-refractivity contribution < 1.29 is 0 Å². The van der Waals surface area contributed by atoms with Gasteiger partial charge in [0.15, 0.2) is 0 Å². The van der Waals surface area contributed by atoms with Crippen LogP contribution in [0.25, 0.3) is 0 Å². The topological polar surface area (TPSA) is 27.3 Å². The van der Waals surface area contributed by atoms with Crippen molar-refractivity contribution in [1.29, 1.82) is 0 Å². The first-order valence-electron chi connectivity index (χ1n) is 7.50. The van der Waals surface area contributed by atoms with Crippen molar-refractivity contribution in [3.05, 3.63) is 30.3 Å². The number of likely N-dealkylation sites (N-methyl/N-ethyl adjacent to an activating group) is 1. The van der Waals surface area contributed by atoms with E-state index in [1.807, 2.05) is 11.8 Å². The third-order valence-electron chi connectivity index (χ3n) is 3.48. The van der Waals surface area contributed by atoms with Crippen molar-refractivity contribution in [2.45, 2.75) is 24.3 Å². The van der Waals surface area contributed by atoms with Crippen LogP contribution in [0.2, 0.25) is 0 Å². The maximum absolute atomic E-state index is 3.52. The zero-order valence-electron chi connectivity index (χ0n) is 13.1. The molecule has 3 nitrogen and oxygen atoms in total. The summed E-state index contributed by atoms with van der Waals surface area (Å²) in [7, 11) is 4.22. The minimum Gasteiger partial charge on any atom is -0.316 e. The van der Waals surface area contributed by atoms with Crippen molar-refractivity contribution in [2.24, 2.45) is 0 Å². The zero-order valence-corrected chi connectivity index (χ0v) is 13.9. The fourth-order valence-electron chi connectivity index (χ4n) is 1.85. The maximum Gasteiger partial charge on any atom is 0.0170 e. The molecule has 0 aliphatic rings. The molecule has 20 heavy (non-hydrogen) atoms. The molecular weight excluding hydrogens is 266 g/mol. The van der Waals surface area contributed by atoms with E-state index >= 15 is 0 Å². The van der Waals surface area contributed by atoms with Crippen molar-refractivity contribution in [1.82, 2.24) is 15.5 Å². The van der Waals surface area contributed by atoms with Gasteiger partial charge in [-0.15, -0.1) is 11.8 Å². The predicted octanol–water partition coefficient (Wildman–Crippen LogP) is 2.30. The number of nitrogens with zero attached hydrogens (tertiary/aromatic N) is 1. The van der Waals surface area contributed by atoms with Gasteiger partial charge in [0.1, 0.15) is 0 Å². The van der Waals surface area contributed by atoms with Crippen LogP contribution in [-0.2, 0) is 0 Å². The van der Waals surface area contributed by atoms with Crippen molar-refractivity contribution in [3.63, 3.8) is 0 Å². The number of thioether (sulfide) groups is 1. The van der Waals surface area contributed by atoms with E-state index in [4.69, 9.17) is 0 Å². The average Bonchev–Trinajstić information content (AvgIpc) is 2.50. The van der Waals surface area contributed by atoms with Gasteiger partial charge >= 0.3 is 0 Å². The van der Waals surface area contributed by atoms with Crippen LogP contribution in [0.4, 0.5) is 0 Å². The lowest BCUT2D eigenvalue weighted by Crippen LogP contribution is -2.34. The number of nitrogens with one attached hydrogen (secondary N) is 2. The Morgan fingerprint density at radius 3 is 2.60 bits per heavy atom. The van der Waals surface area contributed by atoms with E-state index in [9.17, 15) is 0 Å². The smallest absolute Gasteiger partial charge is 0.0170 e. The normalized spacial score (nSPS) is 12.8. The van der Waals surface area contributed by atoms with Crippen molar-refractivity contribution in [2.75, 3.05) is 46.0 Å². The van der Waals surface area contributed by atoms with Gasteiger partial charge in [-0.05, 0) is 45.7 Å². The molecule has 0 heterocycles. The quantitative estimate of drug-likeness (QED) is 0.484. The molecule has 0 aliphatic carbocycles. The molecule has 0 spiro atoms. The Balaban J connectivity index is 2.10. The minimum absolute atomic E-state index is 0.566. The molecule has 0 aromatic heterocycles. The van der Waals surface area contributed by atoms with E-state index in [1.54, 1.807) is 0 Å². The summed E-state index contributed by atoms with van der Waals surface area (Å²) in [4.78, 5) is 3.68. The molecule has 4 heteroatoms. The van der Waals surface area contributed by atoms with Crippen molar-refractivity contribution in [3.8, 4) is 0 Å². The first kappa shape index (κ1) is 17.5. The lowest BCUT2D eigenvalue weighted by atomic mass is 10.2. The fourth-order valence-corrected chi connectivity index (χ4v) is 2.93. The molecule has 0 aliphatic heterocycles. The van der Waals surface area contributed by atoms with Crippen molar-refractivity contribution >= 4 is 11.8 Å². The number of hydrogen-bond donors (Lipinski definition) is 2. The van der Waals surface area contributed by atoms with E-state index in [0.29, 0.717) is 6.04 Å². The van der Waals surface area contributed by atoms with Crippen LogP contribution >= 0.6 is 11.8 Å². The number of rotatable bonds is 11. The number of benzene rings is 1. The lowest BCUT2D eigenvalue weighted by molar-refractivity contribution is 0.347. The van der Waals surface area contributed by atoms with Gasteiger partial charge in [-0.25, -0.2) is 0 Å². The molecule has 0 saturated carbocycles. The summed E-state index contributed by atoms with van der Waals surface area (Å²) in [6, 6.07) is 11.2. The average molecular weight is 295 g/mol. The van der Waals surface area contributed by atoms with Crippen LogP contribution in [0.5, 0.6) is 0 Å². The Morgan fingerprint density at radius 2 is 1.95 bits per heavy atom. The second kappa shape index (κ2) is 11.1. The van der Waals surface area contributed by atoms with Gasteiger partial charge in [-0.2, -0.15) is 0 Å². The summed E-state index contributed by atoms with van der Waals surface area (Å²) in [6.07, 6.45) is 1.17. The van der Waals surface area contributed by atoms with Gasteiger partial charge in [-0.3, -0.25) is 0 Å². The molecule has 0 fully saturated rings.